The molecule has 1 aromatic rings. The van der Waals surface area contributed by atoms with Gasteiger partial charge in [-0.15, -0.1) is 0 Å². The summed E-state index contributed by atoms with van der Waals surface area (Å²) in [6.45, 7) is 1.57. The molecule has 0 bridgehead atoms. The first-order valence-corrected chi connectivity index (χ1v) is 7.41. The Balaban J connectivity index is 2.26. The van der Waals surface area contributed by atoms with Gasteiger partial charge in [0.25, 0.3) is 0 Å². The first-order chi connectivity index (χ1) is 8.61. The molecule has 3 nitrogen and oxygen atoms in total. The Labute approximate surface area is 125 Å². The second-order valence-corrected chi connectivity index (χ2v) is 5.78. The van der Waals surface area contributed by atoms with Gasteiger partial charge in [0, 0.05) is 23.0 Å². The highest BCUT2D eigenvalue weighted by Gasteiger charge is 2.21. The molecule has 1 aromatic carbocycles. The summed E-state index contributed by atoms with van der Waals surface area (Å²) < 4.78 is 6.51. The van der Waals surface area contributed by atoms with Crippen molar-refractivity contribution >= 4 is 46.1 Å². The zero-order valence-corrected chi connectivity index (χ0v) is 12.9. The van der Waals surface area contributed by atoms with Gasteiger partial charge < -0.3 is 9.64 Å². The number of benzene rings is 1. The maximum atomic E-state index is 11.9. The highest BCUT2D eigenvalue weighted by Crippen LogP contribution is 2.34. The molecule has 0 unspecified atom stereocenters. The highest BCUT2D eigenvalue weighted by molar-refractivity contribution is 9.10. The number of nitrogens with zero attached hydrogens (tertiary/aromatic N) is 1. The maximum Gasteiger partial charge on any atom is 0.223 e. The summed E-state index contributed by atoms with van der Waals surface area (Å²) in [6.07, 6.45) is 0.445. The van der Waals surface area contributed by atoms with Crippen LogP contribution in [0.4, 0.5) is 0 Å². The molecule has 98 valence electrons. The van der Waals surface area contributed by atoms with Crippen molar-refractivity contribution in [1.82, 2.24) is 4.90 Å². The van der Waals surface area contributed by atoms with Crippen molar-refractivity contribution in [2.24, 2.45) is 0 Å². The monoisotopic (exact) mass is 349 g/mol. The van der Waals surface area contributed by atoms with E-state index in [1.165, 1.54) is 0 Å². The van der Waals surface area contributed by atoms with E-state index in [1.807, 2.05) is 6.07 Å². The lowest BCUT2D eigenvalue weighted by molar-refractivity contribution is -0.131. The van der Waals surface area contributed by atoms with Gasteiger partial charge in [-0.3, -0.25) is 4.79 Å². The van der Waals surface area contributed by atoms with Gasteiger partial charge in [-0.25, -0.2) is 0 Å². The largest absolute Gasteiger partial charge is 0.490 e. The van der Waals surface area contributed by atoms with Crippen molar-refractivity contribution in [2.45, 2.75) is 13.0 Å². The minimum atomic E-state index is 0.0950. The summed E-state index contributed by atoms with van der Waals surface area (Å²) in [4.78, 5) is 13.7. The Bertz CT molecular complexity index is 470. The summed E-state index contributed by atoms with van der Waals surface area (Å²) in [5.41, 5.74) is 0.930. The Morgan fingerprint density at radius 3 is 3.06 bits per heavy atom. The minimum Gasteiger partial charge on any atom is -0.490 e. The molecule has 0 saturated carbocycles. The summed E-state index contributed by atoms with van der Waals surface area (Å²) in [5, 5.41) is 0.572. The lowest BCUT2D eigenvalue weighted by Crippen LogP contribution is -2.32. The molecule has 1 aliphatic rings. The second-order valence-electron chi connectivity index (χ2n) is 4.01. The second kappa shape index (κ2) is 6.17. The summed E-state index contributed by atoms with van der Waals surface area (Å²) >= 11 is 13.6. The Morgan fingerprint density at radius 1 is 1.56 bits per heavy atom. The normalized spacial score (nSPS) is 14.7. The predicted octanol–water partition coefficient (Wildman–Crippen LogP) is 3.14. The first-order valence-electron chi connectivity index (χ1n) is 5.61. The minimum absolute atomic E-state index is 0.0950. The van der Waals surface area contributed by atoms with Crippen LogP contribution in [0.2, 0.25) is 5.02 Å². The van der Waals surface area contributed by atoms with E-state index in [0.29, 0.717) is 42.6 Å². The standard InChI is InChI=1S/C12H13BrClNO2S/c13-9-5-8-7-15(11(16)1-4-18)2-3-17-12(8)10(14)6-9/h5-6,18H,1-4,7H2. The van der Waals surface area contributed by atoms with Crippen LogP contribution in [0.1, 0.15) is 12.0 Å². The average molecular weight is 351 g/mol. The Morgan fingerprint density at radius 2 is 2.33 bits per heavy atom. The van der Waals surface area contributed by atoms with E-state index >= 15 is 0 Å². The molecule has 0 spiro atoms. The topological polar surface area (TPSA) is 29.5 Å². The van der Waals surface area contributed by atoms with Crippen LogP contribution in [0.5, 0.6) is 5.75 Å². The van der Waals surface area contributed by atoms with E-state index in [2.05, 4.69) is 28.6 Å². The lowest BCUT2D eigenvalue weighted by Gasteiger charge is -2.19. The average Bonchev–Trinajstić information content (AvgIpc) is 2.51. The number of hydrogen-bond donors (Lipinski definition) is 1. The number of hydrogen-bond acceptors (Lipinski definition) is 3. The van der Waals surface area contributed by atoms with Gasteiger partial charge in [-0.05, 0) is 17.9 Å². The van der Waals surface area contributed by atoms with Crippen LogP contribution in [0.15, 0.2) is 16.6 Å². The van der Waals surface area contributed by atoms with E-state index in [4.69, 9.17) is 16.3 Å². The molecule has 0 saturated heterocycles. The third-order valence-corrected chi connectivity index (χ3v) is 3.69. The molecule has 2 rings (SSSR count). The number of carbonyl (C=O) groups is 1. The van der Waals surface area contributed by atoms with E-state index in [0.717, 1.165) is 10.0 Å². The molecule has 18 heavy (non-hydrogen) atoms. The molecule has 0 aliphatic carbocycles. The smallest absolute Gasteiger partial charge is 0.223 e. The predicted molar refractivity (Wildman–Crippen MR) is 78.5 cm³/mol. The van der Waals surface area contributed by atoms with Gasteiger partial charge in [0.15, 0.2) is 0 Å². The lowest BCUT2D eigenvalue weighted by atomic mass is 10.2. The zero-order chi connectivity index (χ0) is 13.1. The molecule has 1 heterocycles. The van der Waals surface area contributed by atoms with E-state index < -0.39 is 0 Å². The Kier molecular flexibility index (Phi) is 4.81. The number of amides is 1. The van der Waals surface area contributed by atoms with Crippen LogP contribution in [0.25, 0.3) is 0 Å². The fraction of sp³-hybridized carbons (Fsp3) is 0.417. The van der Waals surface area contributed by atoms with Gasteiger partial charge in [-0.1, -0.05) is 27.5 Å². The fourth-order valence-electron chi connectivity index (χ4n) is 1.90. The maximum absolute atomic E-state index is 11.9. The molecular formula is C12H13BrClNO2S. The van der Waals surface area contributed by atoms with Crippen LogP contribution in [-0.4, -0.2) is 29.7 Å². The van der Waals surface area contributed by atoms with Crippen LogP contribution >= 0.6 is 40.2 Å². The molecule has 0 atom stereocenters. The van der Waals surface area contributed by atoms with Crippen LogP contribution in [0.3, 0.4) is 0 Å². The van der Waals surface area contributed by atoms with Crippen LogP contribution in [-0.2, 0) is 11.3 Å². The molecule has 0 N–H and O–H groups in total. The van der Waals surface area contributed by atoms with Crippen molar-refractivity contribution in [2.75, 3.05) is 18.9 Å². The number of halogens is 2. The number of ether oxygens (including phenoxy) is 1. The van der Waals surface area contributed by atoms with Crippen molar-refractivity contribution in [3.05, 3.63) is 27.2 Å². The van der Waals surface area contributed by atoms with E-state index in [9.17, 15) is 4.79 Å². The summed E-state index contributed by atoms with van der Waals surface area (Å²) in [6, 6.07) is 3.74. The van der Waals surface area contributed by atoms with Crippen molar-refractivity contribution in [1.29, 1.82) is 0 Å². The van der Waals surface area contributed by atoms with Gasteiger partial charge in [0.1, 0.15) is 12.4 Å². The molecule has 6 heteroatoms. The fourth-order valence-corrected chi connectivity index (χ4v) is 3.02. The number of rotatable bonds is 2. The molecule has 0 fully saturated rings. The van der Waals surface area contributed by atoms with Crippen LogP contribution < -0.4 is 4.74 Å². The Hall–Kier alpha value is -0.390. The molecular weight excluding hydrogens is 338 g/mol. The number of thiol groups is 1. The third-order valence-electron chi connectivity index (χ3n) is 2.73. The van der Waals surface area contributed by atoms with Gasteiger partial charge in [0.2, 0.25) is 5.91 Å². The van der Waals surface area contributed by atoms with Crippen LogP contribution in [0, 0.1) is 0 Å². The zero-order valence-electron chi connectivity index (χ0n) is 9.66. The molecule has 1 amide bonds. The third kappa shape index (κ3) is 3.13. The van der Waals surface area contributed by atoms with Crippen molar-refractivity contribution in [3.63, 3.8) is 0 Å². The highest BCUT2D eigenvalue weighted by atomic mass is 79.9. The number of fused-ring (bicyclic) bond motifs is 1. The van der Waals surface area contributed by atoms with Gasteiger partial charge >= 0.3 is 0 Å². The summed E-state index contributed by atoms with van der Waals surface area (Å²) in [7, 11) is 0. The SMILES string of the molecule is O=C(CCS)N1CCOc2c(Cl)cc(Br)cc2C1. The molecule has 1 aliphatic heterocycles. The molecule has 0 aromatic heterocycles. The van der Waals surface area contributed by atoms with E-state index in [-0.39, 0.29) is 5.91 Å². The molecule has 0 radical (unpaired) electrons. The van der Waals surface area contributed by atoms with Gasteiger partial charge in [0.05, 0.1) is 11.6 Å². The van der Waals surface area contributed by atoms with Gasteiger partial charge in [-0.2, -0.15) is 12.6 Å². The van der Waals surface area contributed by atoms with Crippen molar-refractivity contribution < 1.29 is 9.53 Å². The quantitative estimate of drug-likeness (QED) is 0.830. The summed E-state index contributed by atoms with van der Waals surface area (Å²) in [5.74, 6) is 1.33. The number of carbonyl (C=O) groups excluding carboxylic acids is 1. The first kappa shape index (κ1) is 14.0. The van der Waals surface area contributed by atoms with Crippen molar-refractivity contribution in [3.8, 4) is 5.75 Å². The van der Waals surface area contributed by atoms with E-state index in [1.54, 1.807) is 11.0 Å².